The van der Waals surface area contributed by atoms with E-state index in [0.717, 1.165) is 29.5 Å². The third-order valence-corrected chi connectivity index (χ3v) is 6.78. The number of piperidine rings is 1. The molecule has 0 saturated carbocycles. The van der Waals surface area contributed by atoms with Gasteiger partial charge in [0.15, 0.2) is 16.9 Å². The summed E-state index contributed by atoms with van der Waals surface area (Å²) in [5.41, 5.74) is 7.29. The number of aryl methyl sites for hydroxylation is 1. The van der Waals surface area contributed by atoms with E-state index in [1.54, 1.807) is 43.9 Å². The smallest absolute Gasteiger partial charge is 0.332 e. The molecule has 3 heterocycles. The second kappa shape index (κ2) is 11.3. The van der Waals surface area contributed by atoms with E-state index in [9.17, 15) is 19.2 Å². The van der Waals surface area contributed by atoms with E-state index >= 15 is 0 Å². The molecule has 1 aliphatic heterocycles. The first-order valence-electron chi connectivity index (χ1n) is 12.9. The fraction of sp³-hybridized carbons (Fsp3) is 0.444. The lowest BCUT2D eigenvalue weighted by Gasteiger charge is -2.31. The van der Waals surface area contributed by atoms with Gasteiger partial charge in [0.25, 0.3) is 5.56 Å². The highest BCUT2D eigenvalue weighted by Crippen LogP contribution is 2.23. The number of allylic oxidation sites excluding steroid dienone is 2. The summed E-state index contributed by atoms with van der Waals surface area (Å²) in [6.07, 6.45) is 3.80. The van der Waals surface area contributed by atoms with Crippen LogP contribution in [0, 0.1) is 0 Å². The fourth-order valence-electron chi connectivity index (χ4n) is 4.62. The van der Waals surface area contributed by atoms with E-state index < -0.39 is 23.6 Å². The SMILES string of the molecule is CC(C)=CCn1c(N2CCCC(N)C2)nc2c1c(=O)n(CC(=O)c1cccc(NC(=O)N(C)C)c1)c(=O)n2C. The fourth-order valence-corrected chi connectivity index (χ4v) is 4.62. The number of nitrogens with one attached hydrogen (secondary N) is 1. The van der Waals surface area contributed by atoms with E-state index in [1.807, 2.05) is 19.9 Å². The topological polar surface area (TPSA) is 140 Å². The molecule has 0 radical (unpaired) electrons. The minimum Gasteiger partial charge on any atom is -0.341 e. The second-order valence-electron chi connectivity index (χ2n) is 10.4. The number of carbonyl (C=O) groups excluding carboxylic acids is 2. The van der Waals surface area contributed by atoms with Gasteiger partial charge in [0.05, 0.1) is 6.54 Å². The number of hydrogen-bond acceptors (Lipinski definition) is 7. The summed E-state index contributed by atoms with van der Waals surface area (Å²) in [6, 6.07) is 6.04. The number of amides is 2. The van der Waals surface area contributed by atoms with Gasteiger partial charge in [0.1, 0.15) is 0 Å². The van der Waals surface area contributed by atoms with Gasteiger partial charge in [-0.15, -0.1) is 0 Å². The molecule has 3 aromatic rings. The number of aromatic nitrogens is 4. The van der Waals surface area contributed by atoms with Crippen LogP contribution in [0.4, 0.5) is 16.4 Å². The van der Waals surface area contributed by atoms with Gasteiger partial charge in [0.2, 0.25) is 5.95 Å². The molecule has 1 saturated heterocycles. The molecule has 4 rings (SSSR count). The Morgan fingerprint density at radius 2 is 1.95 bits per heavy atom. The summed E-state index contributed by atoms with van der Waals surface area (Å²) in [4.78, 5) is 60.5. The summed E-state index contributed by atoms with van der Waals surface area (Å²) >= 11 is 0. The molecular weight excluding hydrogens is 500 g/mol. The van der Waals surface area contributed by atoms with Crippen LogP contribution in [0.2, 0.25) is 0 Å². The van der Waals surface area contributed by atoms with Crippen molar-refractivity contribution in [1.82, 2.24) is 23.6 Å². The predicted octanol–water partition coefficient (Wildman–Crippen LogP) is 1.77. The summed E-state index contributed by atoms with van der Waals surface area (Å²) in [6.45, 7) is 5.21. The molecule has 39 heavy (non-hydrogen) atoms. The molecule has 2 aromatic heterocycles. The third kappa shape index (κ3) is 5.80. The first kappa shape index (κ1) is 27.8. The molecule has 3 N–H and O–H groups in total. The lowest BCUT2D eigenvalue weighted by Crippen LogP contribution is -2.44. The zero-order chi connectivity index (χ0) is 28.4. The number of rotatable bonds is 7. The van der Waals surface area contributed by atoms with E-state index in [2.05, 4.69) is 10.2 Å². The number of imidazole rings is 1. The van der Waals surface area contributed by atoms with Gasteiger partial charge in [-0.25, -0.2) is 9.59 Å². The molecule has 208 valence electrons. The molecule has 1 aliphatic rings. The molecule has 0 spiro atoms. The molecule has 1 fully saturated rings. The third-order valence-electron chi connectivity index (χ3n) is 6.78. The van der Waals surface area contributed by atoms with Gasteiger partial charge in [-0.1, -0.05) is 23.8 Å². The first-order valence-corrected chi connectivity index (χ1v) is 12.9. The molecular formula is C27H36N8O4. The first-order chi connectivity index (χ1) is 18.5. The highest BCUT2D eigenvalue weighted by Gasteiger charge is 2.26. The lowest BCUT2D eigenvalue weighted by atomic mass is 10.1. The lowest BCUT2D eigenvalue weighted by molar-refractivity contribution is 0.0969. The van der Waals surface area contributed by atoms with E-state index in [4.69, 9.17) is 10.7 Å². The van der Waals surface area contributed by atoms with Crippen LogP contribution >= 0.6 is 0 Å². The number of anilines is 2. The minimum absolute atomic E-state index is 0.00756. The average molecular weight is 537 g/mol. The Labute approximate surface area is 226 Å². The normalized spacial score (nSPS) is 15.3. The Morgan fingerprint density at radius 1 is 1.21 bits per heavy atom. The van der Waals surface area contributed by atoms with Crippen LogP contribution in [-0.4, -0.2) is 68.6 Å². The van der Waals surface area contributed by atoms with Gasteiger partial charge in [-0.2, -0.15) is 4.98 Å². The summed E-state index contributed by atoms with van der Waals surface area (Å²) < 4.78 is 4.06. The van der Waals surface area contributed by atoms with Gasteiger partial charge in [-0.05, 0) is 38.8 Å². The largest absolute Gasteiger partial charge is 0.341 e. The predicted molar refractivity (Wildman–Crippen MR) is 152 cm³/mol. The number of Topliss-reactive ketones (excluding diaryl/α,β-unsaturated/α-hetero) is 1. The zero-order valence-electron chi connectivity index (χ0n) is 23.1. The Balaban J connectivity index is 1.78. The van der Waals surface area contributed by atoms with Gasteiger partial charge >= 0.3 is 11.7 Å². The second-order valence-corrected chi connectivity index (χ2v) is 10.4. The van der Waals surface area contributed by atoms with Crippen molar-refractivity contribution in [3.63, 3.8) is 0 Å². The van der Waals surface area contributed by atoms with Crippen molar-refractivity contribution in [2.75, 3.05) is 37.4 Å². The zero-order valence-corrected chi connectivity index (χ0v) is 23.1. The summed E-state index contributed by atoms with van der Waals surface area (Å²) in [7, 11) is 4.76. The molecule has 12 nitrogen and oxygen atoms in total. The number of ketones is 1. The number of carbonyl (C=O) groups is 2. The van der Waals surface area contributed by atoms with Crippen LogP contribution in [0.5, 0.6) is 0 Å². The van der Waals surface area contributed by atoms with Crippen LogP contribution in [0.1, 0.15) is 37.0 Å². The van der Waals surface area contributed by atoms with Crippen LogP contribution in [0.3, 0.4) is 0 Å². The highest BCUT2D eigenvalue weighted by atomic mass is 16.2. The number of urea groups is 1. The summed E-state index contributed by atoms with van der Waals surface area (Å²) in [5.74, 6) is 0.144. The van der Waals surface area contributed by atoms with Crippen molar-refractivity contribution in [1.29, 1.82) is 0 Å². The average Bonchev–Trinajstić information content (AvgIpc) is 3.28. The van der Waals surface area contributed by atoms with Crippen molar-refractivity contribution < 1.29 is 9.59 Å². The standard InChI is InChI=1S/C27H36N8O4/c1-17(2)11-13-34-22-23(30-25(34)33-12-7-9-19(28)15-33)32(5)27(39)35(24(22)37)16-21(36)18-8-6-10-20(14-18)29-26(38)31(3)4/h6,8,10-11,14,19H,7,9,12-13,15-16,28H2,1-5H3,(H,29,38). The minimum atomic E-state index is -0.633. The molecule has 1 unspecified atom stereocenters. The van der Waals surface area contributed by atoms with Crippen LogP contribution in [0.15, 0.2) is 45.5 Å². The molecule has 0 bridgehead atoms. The van der Waals surface area contributed by atoms with Crippen LogP contribution < -0.4 is 27.2 Å². The van der Waals surface area contributed by atoms with Crippen LogP contribution in [-0.2, 0) is 20.1 Å². The maximum atomic E-state index is 13.8. The molecule has 12 heteroatoms. The van der Waals surface area contributed by atoms with Crippen molar-refractivity contribution in [3.8, 4) is 0 Å². The maximum Gasteiger partial charge on any atom is 0.332 e. The number of nitrogens with two attached hydrogens (primary N) is 1. The van der Waals surface area contributed by atoms with Crippen molar-refractivity contribution >= 4 is 34.6 Å². The van der Waals surface area contributed by atoms with Crippen molar-refractivity contribution in [3.05, 3.63) is 62.3 Å². The Bertz CT molecular complexity index is 1560. The Morgan fingerprint density at radius 3 is 2.62 bits per heavy atom. The van der Waals surface area contributed by atoms with Crippen molar-refractivity contribution in [2.45, 2.75) is 45.8 Å². The number of benzene rings is 1. The highest BCUT2D eigenvalue weighted by molar-refractivity contribution is 5.98. The molecule has 0 aliphatic carbocycles. The quantitative estimate of drug-likeness (QED) is 0.346. The Kier molecular flexibility index (Phi) is 8.05. The number of hydrogen-bond donors (Lipinski definition) is 2. The molecule has 2 amide bonds. The molecule has 1 atom stereocenters. The van der Waals surface area contributed by atoms with E-state index in [-0.39, 0.29) is 28.8 Å². The number of fused-ring (bicyclic) bond motifs is 1. The summed E-state index contributed by atoms with van der Waals surface area (Å²) in [5, 5.41) is 2.69. The molecule has 1 aromatic carbocycles. The van der Waals surface area contributed by atoms with Crippen LogP contribution in [0.25, 0.3) is 11.2 Å². The van der Waals surface area contributed by atoms with Gasteiger partial charge in [-0.3, -0.25) is 18.7 Å². The number of nitrogens with zero attached hydrogens (tertiary/aromatic N) is 6. The van der Waals surface area contributed by atoms with Gasteiger partial charge < -0.3 is 25.4 Å². The monoisotopic (exact) mass is 536 g/mol. The Hall–Kier alpha value is -4.19. The van der Waals surface area contributed by atoms with E-state index in [1.165, 1.54) is 15.5 Å². The maximum absolute atomic E-state index is 13.8. The van der Waals surface area contributed by atoms with Crippen molar-refractivity contribution in [2.24, 2.45) is 12.8 Å². The van der Waals surface area contributed by atoms with E-state index in [0.29, 0.717) is 24.7 Å². The van der Waals surface area contributed by atoms with Gasteiger partial charge in [0, 0.05) is 58.1 Å².